The lowest BCUT2D eigenvalue weighted by Crippen LogP contribution is -2.55. The van der Waals surface area contributed by atoms with Crippen LogP contribution in [0.25, 0.3) is 0 Å². The molecule has 15 heteroatoms. The Kier molecular flexibility index (Phi) is 17.3. The molecule has 3 atom stereocenters. The summed E-state index contributed by atoms with van der Waals surface area (Å²) in [6, 6.07) is 0. The molecule has 0 saturated heterocycles. The summed E-state index contributed by atoms with van der Waals surface area (Å²) in [6.07, 6.45) is -1.47. The molecule has 0 saturated carbocycles. The van der Waals surface area contributed by atoms with Crippen LogP contribution in [-0.4, -0.2) is 70.3 Å². The highest BCUT2D eigenvalue weighted by Crippen LogP contribution is 2.02. The molecule has 0 N–H and O–H groups in total. The Labute approximate surface area is 244 Å². The zero-order valence-corrected chi connectivity index (χ0v) is 25.5. The zero-order chi connectivity index (χ0) is 31.7. The molecule has 3 unspecified atom stereocenters. The van der Waals surface area contributed by atoms with E-state index in [4.69, 9.17) is 28.4 Å². The Morgan fingerprint density at radius 2 is 0.762 bits per heavy atom. The van der Waals surface area contributed by atoms with Gasteiger partial charge in [0.25, 0.3) is 0 Å². The van der Waals surface area contributed by atoms with Crippen molar-refractivity contribution in [3.8, 4) is 0 Å². The van der Waals surface area contributed by atoms with Gasteiger partial charge in [0.1, 0.15) is 0 Å². The van der Waals surface area contributed by atoms with Gasteiger partial charge < -0.3 is 28.4 Å². The fourth-order valence-electron chi connectivity index (χ4n) is 3.55. The Balaban J connectivity index is 3.17. The molecule has 15 nitrogen and oxygen atoms in total. The number of aromatic nitrogens is 3. The van der Waals surface area contributed by atoms with Crippen LogP contribution in [0.1, 0.15) is 80.1 Å². The number of ether oxygens (including phenoxy) is 6. The minimum absolute atomic E-state index is 0.376. The highest BCUT2D eigenvalue weighted by molar-refractivity contribution is 5.70. The second-order valence-corrected chi connectivity index (χ2v) is 9.34. The Morgan fingerprint density at radius 1 is 0.524 bits per heavy atom. The standard InChI is InChI=1S/C27H45N3O12/c1-7-16-37-19(4)40-22(31)10-13-28-25(34)29(14-11-23(32)41-20(5)38-17-8-2)27(36)30(26(28)35)15-12-24(33)42-21(6)39-18-9-3/h19-21H,7-18H2,1-6H3. The molecule has 1 aromatic heterocycles. The van der Waals surface area contributed by atoms with E-state index in [0.29, 0.717) is 33.5 Å². The van der Waals surface area contributed by atoms with Crippen molar-refractivity contribution in [2.24, 2.45) is 0 Å². The third kappa shape index (κ3) is 13.1. The van der Waals surface area contributed by atoms with Gasteiger partial charge in [0, 0.05) is 19.6 Å². The third-order valence-corrected chi connectivity index (χ3v) is 5.57. The quantitative estimate of drug-likeness (QED) is 0.112. The monoisotopic (exact) mass is 603 g/mol. The lowest BCUT2D eigenvalue weighted by atomic mass is 10.4. The van der Waals surface area contributed by atoms with E-state index >= 15 is 0 Å². The molecular formula is C27H45N3O12. The van der Waals surface area contributed by atoms with Crippen LogP contribution in [0.3, 0.4) is 0 Å². The van der Waals surface area contributed by atoms with Crippen molar-refractivity contribution in [1.82, 2.24) is 13.7 Å². The van der Waals surface area contributed by atoms with Gasteiger partial charge in [-0.1, -0.05) is 20.8 Å². The number of esters is 3. The largest absolute Gasteiger partial charge is 0.436 e. The van der Waals surface area contributed by atoms with E-state index in [1.165, 1.54) is 20.8 Å². The summed E-state index contributed by atoms with van der Waals surface area (Å²) in [6.45, 7) is 10.1. The number of carbonyl (C=O) groups is 3. The molecule has 0 radical (unpaired) electrons. The molecule has 0 aliphatic carbocycles. The first-order valence-electron chi connectivity index (χ1n) is 14.3. The first-order valence-corrected chi connectivity index (χ1v) is 14.3. The van der Waals surface area contributed by atoms with Gasteiger partial charge in [0.2, 0.25) is 0 Å². The second-order valence-electron chi connectivity index (χ2n) is 9.34. The minimum atomic E-state index is -1.03. The highest BCUT2D eigenvalue weighted by atomic mass is 16.7. The predicted molar refractivity (Wildman–Crippen MR) is 148 cm³/mol. The van der Waals surface area contributed by atoms with Crippen molar-refractivity contribution >= 4 is 17.9 Å². The molecule has 1 rings (SSSR count). The van der Waals surface area contributed by atoms with Gasteiger partial charge in [-0.05, 0) is 40.0 Å². The molecule has 1 heterocycles. The van der Waals surface area contributed by atoms with Crippen molar-refractivity contribution < 1.29 is 42.8 Å². The molecule has 240 valence electrons. The summed E-state index contributed by atoms with van der Waals surface area (Å²) in [5.74, 6) is -2.20. The van der Waals surface area contributed by atoms with Crippen molar-refractivity contribution in [3.63, 3.8) is 0 Å². The van der Waals surface area contributed by atoms with Crippen molar-refractivity contribution in [1.29, 1.82) is 0 Å². The van der Waals surface area contributed by atoms with E-state index in [0.717, 1.165) is 19.3 Å². The SMILES string of the molecule is CCCOC(C)OC(=O)CCn1c(=O)n(CCC(=O)OC(C)OCCC)c(=O)n(CCC(=O)OC(C)OCCC)c1=O. The van der Waals surface area contributed by atoms with Crippen molar-refractivity contribution in [3.05, 3.63) is 31.5 Å². The molecule has 0 aromatic carbocycles. The van der Waals surface area contributed by atoms with Crippen LogP contribution in [-0.2, 0) is 62.4 Å². The third-order valence-electron chi connectivity index (χ3n) is 5.57. The van der Waals surface area contributed by atoms with Crippen LogP contribution < -0.4 is 17.1 Å². The van der Waals surface area contributed by atoms with Crippen LogP contribution in [0.2, 0.25) is 0 Å². The Hall–Kier alpha value is -3.30. The Bertz CT molecular complexity index is 999. The average molecular weight is 604 g/mol. The van der Waals surface area contributed by atoms with Gasteiger partial charge >= 0.3 is 35.0 Å². The summed E-state index contributed by atoms with van der Waals surface area (Å²) in [7, 11) is 0. The predicted octanol–water partition coefficient (Wildman–Crippen LogP) is 1.29. The molecule has 0 bridgehead atoms. The summed E-state index contributed by atoms with van der Waals surface area (Å²) in [4.78, 5) is 76.3. The van der Waals surface area contributed by atoms with Crippen LogP contribution in [0.5, 0.6) is 0 Å². The van der Waals surface area contributed by atoms with E-state index in [-0.39, 0.29) is 19.3 Å². The Morgan fingerprint density at radius 3 is 0.976 bits per heavy atom. The van der Waals surface area contributed by atoms with E-state index in [9.17, 15) is 28.8 Å². The number of carbonyl (C=O) groups excluding carboxylic acids is 3. The van der Waals surface area contributed by atoms with Crippen LogP contribution in [0, 0.1) is 0 Å². The summed E-state index contributed by atoms with van der Waals surface area (Å²) >= 11 is 0. The number of rotatable bonds is 21. The topological polar surface area (TPSA) is 173 Å². The lowest BCUT2D eigenvalue weighted by Gasteiger charge is -2.16. The van der Waals surface area contributed by atoms with Gasteiger partial charge in [-0.15, -0.1) is 0 Å². The number of hydrogen-bond donors (Lipinski definition) is 0. The fraction of sp³-hybridized carbons (Fsp3) is 0.778. The molecule has 0 fully saturated rings. The van der Waals surface area contributed by atoms with E-state index in [2.05, 4.69) is 0 Å². The minimum Gasteiger partial charge on any atom is -0.436 e. The van der Waals surface area contributed by atoms with E-state index in [1.807, 2.05) is 20.8 Å². The fourth-order valence-corrected chi connectivity index (χ4v) is 3.55. The first kappa shape index (κ1) is 36.7. The zero-order valence-electron chi connectivity index (χ0n) is 25.5. The molecule has 0 aliphatic rings. The molecule has 42 heavy (non-hydrogen) atoms. The van der Waals surface area contributed by atoms with Gasteiger partial charge in [0.15, 0.2) is 18.9 Å². The summed E-state index contributed by atoms with van der Waals surface area (Å²) in [5.41, 5.74) is -3.09. The first-order chi connectivity index (χ1) is 19.9. The maximum atomic E-state index is 13.1. The average Bonchev–Trinajstić information content (AvgIpc) is 2.93. The van der Waals surface area contributed by atoms with Gasteiger partial charge in [0.05, 0.1) is 39.1 Å². The van der Waals surface area contributed by atoms with Crippen LogP contribution in [0.4, 0.5) is 0 Å². The van der Waals surface area contributed by atoms with Crippen molar-refractivity contribution in [2.75, 3.05) is 19.8 Å². The molecule has 1 aromatic rings. The summed E-state index contributed by atoms with van der Waals surface area (Å²) in [5, 5.41) is 0. The second kappa shape index (κ2) is 19.8. The van der Waals surface area contributed by atoms with Gasteiger partial charge in [-0.25, -0.2) is 28.1 Å². The van der Waals surface area contributed by atoms with Crippen LogP contribution in [0.15, 0.2) is 14.4 Å². The lowest BCUT2D eigenvalue weighted by molar-refractivity contribution is -0.176. The number of nitrogens with zero attached hydrogens (tertiary/aromatic N) is 3. The maximum absolute atomic E-state index is 13.1. The summed E-state index contributed by atoms with van der Waals surface area (Å²) < 4.78 is 33.3. The smallest absolute Gasteiger partial charge is 0.336 e. The van der Waals surface area contributed by atoms with Gasteiger partial charge in [-0.3, -0.25) is 14.4 Å². The molecule has 0 amide bonds. The molecule has 0 aliphatic heterocycles. The van der Waals surface area contributed by atoms with Crippen molar-refractivity contribution in [2.45, 2.75) is 119 Å². The van der Waals surface area contributed by atoms with E-state index in [1.54, 1.807) is 0 Å². The molecular weight excluding hydrogens is 558 g/mol. The number of hydrogen-bond acceptors (Lipinski definition) is 12. The normalized spacial score (nSPS) is 13.3. The molecule has 0 spiro atoms. The van der Waals surface area contributed by atoms with E-state index < -0.39 is 73.5 Å². The maximum Gasteiger partial charge on any atom is 0.336 e. The van der Waals surface area contributed by atoms with Gasteiger partial charge in [-0.2, -0.15) is 0 Å². The highest BCUT2D eigenvalue weighted by Gasteiger charge is 2.20. The van der Waals surface area contributed by atoms with Crippen LogP contribution >= 0.6 is 0 Å².